The minimum atomic E-state index is -0.632. The summed E-state index contributed by atoms with van der Waals surface area (Å²) in [5, 5.41) is 9.49. The maximum Gasteiger partial charge on any atom is 0.146 e. The van der Waals surface area contributed by atoms with Gasteiger partial charge < -0.3 is 10.0 Å². The first kappa shape index (κ1) is 16.0. The van der Waals surface area contributed by atoms with E-state index in [1.54, 1.807) is 19.1 Å². The largest absolute Gasteiger partial charge is 0.389 e. The minimum Gasteiger partial charge on any atom is -0.389 e. The molecule has 0 aliphatic carbocycles. The fourth-order valence-corrected chi connectivity index (χ4v) is 2.19. The molecule has 3 heteroatoms. The zero-order chi connectivity index (χ0) is 14.6. The number of rotatable bonds is 6. The van der Waals surface area contributed by atoms with Crippen molar-refractivity contribution in [1.29, 1.82) is 0 Å². The van der Waals surface area contributed by atoms with Crippen molar-refractivity contribution >= 4 is 5.69 Å². The van der Waals surface area contributed by atoms with E-state index in [4.69, 9.17) is 0 Å². The SMILES string of the molecule is CC(C)CN(CC(C)C)c1ccc(C(C)O)cc1F. The van der Waals surface area contributed by atoms with Crippen LogP contribution in [0.3, 0.4) is 0 Å². The van der Waals surface area contributed by atoms with Gasteiger partial charge in [-0.2, -0.15) is 0 Å². The summed E-state index contributed by atoms with van der Waals surface area (Å²) in [6.07, 6.45) is -0.632. The summed E-state index contributed by atoms with van der Waals surface area (Å²) in [5.74, 6) is 0.712. The molecule has 1 atom stereocenters. The van der Waals surface area contributed by atoms with Crippen LogP contribution in [0.1, 0.15) is 46.3 Å². The summed E-state index contributed by atoms with van der Waals surface area (Å²) in [4.78, 5) is 2.09. The van der Waals surface area contributed by atoms with Gasteiger partial charge in [-0.3, -0.25) is 0 Å². The maximum absolute atomic E-state index is 14.2. The lowest BCUT2D eigenvalue weighted by Crippen LogP contribution is -2.32. The summed E-state index contributed by atoms with van der Waals surface area (Å²) in [5.41, 5.74) is 1.25. The van der Waals surface area contributed by atoms with Crippen LogP contribution in [0.4, 0.5) is 10.1 Å². The number of nitrogens with zero attached hydrogens (tertiary/aromatic N) is 1. The van der Waals surface area contributed by atoms with Gasteiger partial charge >= 0.3 is 0 Å². The molecule has 1 rings (SSSR count). The van der Waals surface area contributed by atoms with Crippen LogP contribution in [0, 0.1) is 17.7 Å². The third-order valence-corrected chi connectivity index (χ3v) is 2.97. The van der Waals surface area contributed by atoms with Gasteiger partial charge in [0.25, 0.3) is 0 Å². The monoisotopic (exact) mass is 267 g/mol. The van der Waals surface area contributed by atoms with Crippen LogP contribution in [0.5, 0.6) is 0 Å². The number of hydrogen-bond donors (Lipinski definition) is 1. The molecule has 0 fully saturated rings. The van der Waals surface area contributed by atoms with E-state index in [0.29, 0.717) is 23.1 Å². The van der Waals surface area contributed by atoms with Gasteiger partial charge in [-0.05, 0) is 36.5 Å². The molecule has 19 heavy (non-hydrogen) atoms. The zero-order valence-corrected chi connectivity index (χ0v) is 12.7. The Morgan fingerprint density at radius 1 is 1.05 bits per heavy atom. The molecule has 0 heterocycles. The Hall–Kier alpha value is -1.09. The predicted octanol–water partition coefficient (Wildman–Crippen LogP) is 4.00. The molecule has 1 aromatic rings. The van der Waals surface area contributed by atoms with Gasteiger partial charge in [0.2, 0.25) is 0 Å². The lowest BCUT2D eigenvalue weighted by atomic mass is 10.1. The van der Waals surface area contributed by atoms with E-state index in [9.17, 15) is 9.50 Å². The summed E-state index contributed by atoms with van der Waals surface area (Å²) < 4.78 is 14.2. The van der Waals surface area contributed by atoms with E-state index in [2.05, 4.69) is 32.6 Å². The van der Waals surface area contributed by atoms with Gasteiger partial charge in [-0.15, -0.1) is 0 Å². The highest BCUT2D eigenvalue weighted by molar-refractivity contribution is 5.49. The van der Waals surface area contributed by atoms with E-state index in [1.807, 2.05) is 0 Å². The van der Waals surface area contributed by atoms with Gasteiger partial charge in [-0.1, -0.05) is 33.8 Å². The van der Waals surface area contributed by atoms with Crippen molar-refractivity contribution < 1.29 is 9.50 Å². The number of hydrogen-bond acceptors (Lipinski definition) is 2. The van der Waals surface area contributed by atoms with Crippen molar-refractivity contribution in [2.24, 2.45) is 11.8 Å². The summed E-state index contributed by atoms with van der Waals surface area (Å²) in [7, 11) is 0. The van der Waals surface area contributed by atoms with Crippen LogP contribution in [0.15, 0.2) is 18.2 Å². The number of aliphatic hydroxyl groups excluding tert-OH is 1. The molecule has 108 valence electrons. The minimum absolute atomic E-state index is 0.250. The van der Waals surface area contributed by atoms with Crippen LogP contribution in [-0.4, -0.2) is 18.2 Å². The second-order valence-corrected chi connectivity index (χ2v) is 6.08. The maximum atomic E-state index is 14.2. The van der Waals surface area contributed by atoms with Crippen LogP contribution >= 0.6 is 0 Å². The van der Waals surface area contributed by atoms with E-state index in [-0.39, 0.29) is 5.82 Å². The Labute approximate surface area is 116 Å². The predicted molar refractivity (Wildman–Crippen MR) is 78.9 cm³/mol. The average molecular weight is 267 g/mol. The third-order valence-electron chi connectivity index (χ3n) is 2.97. The van der Waals surface area contributed by atoms with Crippen molar-refractivity contribution in [3.05, 3.63) is 29.6 Å². The Morgan fingerprint density at radius 2 is 1.58 bits per heavy atom. The first-order valence-corrected chi connectivity index (χ1v) is 7.03. The second kappa shape index (κ2) is 6.90. The number of aliphatic hydroxyl groups is 1. The van der Waals surface area contributed by atoms with Crippen molar-refractivity contribution in [2.45, 2.75) is 40.7 Å². The lowest BCUT2D eigenvalue weighted by molar-refractivity contribution is 0.199. The molecular weight excluding hydrogens is 241 g/mol. The van der Waals surface area contributed by atoms with Crippen LogP contribution in [-0.2, 0) is 0 Å². The number of anilines is 1. The topological polar surface area (TPSA) is 23.5 Å². The second-order valence-electron chi connectivity index (χ2n) is 6.08. The molecule has 0 amide bonds. The van der Waals surface area contributed by atoms with Crippen molar-refractivity contribution in [3.63, 3.8) is 0 Å². The van der Waals surface area contributed by atoms with Gasteiger partial charge in [0.05, 0.1) is 11.8 Å². The van der Waals surface area contributed by atoms with Crippen molar-refractivity contribution in [3.8, 4) is 0 Å². The fourth-order valence-electron chi connectivity index (χ4n) is 2.19. The molecule has 0 spiro atoms. The summed E-state index contributed by atoms with van der Waals surface area (Å²) in [6, 6.07) is 5.02. The van der Waals surface area contributed by atoms with E-state index >= 15 is 0 Å². The smallest absolute Gasteiger partial charge is 0.146 e. The van der Waals surface area contributed by atoms with E-state index in [1.165, 1.54) is 6.07 Å². The molecule has 0 saturated heterocycles. The Kier molecular flexibility index (Phi) is 5.80. The molecule has 1 aromatic carbocycles. The quantitative estimate of drug-likeness (QED) is 0.842. The summed E-state index contributed by atoms with van der Waals surface area (Å²) in [6.45, 7) is 11.9. The van der Waals surface area contributed by atoms with Crippen molar-refractivity contribution in [1.82, 2.24) is 0 Å². The fraction of sp³-hybridized carbons (Fsp3) is 0.625. The molecule has 1 unspecified atom stereocenters. The zero-order valence-electron chi connectivity index (χ0n) is 12.7. The van der Waals surface area contributed by atoms with Crippen molar-refractivity contribution in [2.75, 3.05) is 18.0 Å². The highest BCUT2D eigenvalue weighted by Gasteiger charge is 2.15. The Balaban J connectivity index is 3.01. The average Bonchev–Trinajstić information content (AvgIpc) is 2.26. The van der Waals surface area contributed by atoms with Gasteiger partial charge in [0, 0.05) is 13.1 Å². The standard InChI is InChI=1S/C16H26FNO/c1-11(2)9-18(10-12(3)4)16-7-6-14(13(5)19)8-15(16)17/h6-8,11-13,19H,9-10H2,1-5H3. The molecule has 0 aliphatic rings. The van der Waals surface area contributed by atoms with Crippen LogP contribution in [0.25, 0.3) is 0 Å². The molecule has 0 saturated carbocycles. The lowest BCUT2D eigenvalue weighted by Gasteiger charge is -2.29. The van der Waals surface area contributed by atoms with Gasteiger partial charge in [0.1, 0.15) is 5.82 Å². The van der Waals surface area contributed by atoms with E-state index in [0.717, 1.165) is 13.1 Å². The molecular formula is C16H26FNO. The molecule has 0 radical (unpaired) electrons. The first-order valence-electron chi connectivity index (χ1n) is 7.03. The Bertz CT molecular complexity index is 392. The third kappa shape index (κ3) is 4.83. The molecule has 0 aliphatic heterocycles. The normalized spacial score (nSPS) is 13.1. The Morgan fingerprint density at radius 3 is 1.95 bits per heavy atom. The first-order chi connectivity index (χ1) is 8.81. The molecule has 1 N–H and O–H groups in total. The van der Waals surface area contributed by atoms with Gasteiger partial charge in [-0.25, -0.2) is 4.39 Å². The van der Waals surface area contributed by atoms with Crippen LogP contribution in [0.2, 0.25) is 0 Å². The molecule has 0 bridgehead atoms. The highest BCUT2D eigenvalue weighted by atomic mass is 19.1. The number of benzene rings is 1. The van der Waals surface area contributed by atoms with Crippen LogP contribution < -0.4 is 4.90 Å². The molecule has 2 nitrogen and oxygen atoms in total. The molecule has 0 aromatic heterocycles. The highest BCUT2D eigenvalue weighted by Crippen LogP contribution is 2.25. The summed E-state index contributed by atoms with van der Waals surface area (Å²) >= 11 is 0. The van der Waals surface area contributed by atoms with Gasteiger partial charge in [0.15, 0.2) is 0 Å². The van der Waals surface area contributed by atoms with E-state index < -0.39 is 6.10 Å². The number of halogens is 1.